The molecule has 1 aromatic carbocycles. The smallest absolute Gasteiger partial charge is 0.255 e. The summed E-state index contributed by atoms with van der Waals surface area (Å²) in [5.41, 5.74) is 4.00. The Labute approximate surface area is 202 Å². The molecule has 0 saturated carbocycles. The summed E-state index contributed by atoms with van der Waals surface area (Å²) in [5, 5.41) is 6.90. The zero-order valence-electron chi connectivity index (χ0n) is 19.0. The van der Waals surface area contributed by atoms with Crippen LogP contribution in [0.5, 0.6) is 5.75 Å². The topological polar surface area (TPSA) is 110 Å². The van der Waals surface area contributed by atoms with Gasteiger partial charge >= 0.3 is 0 Å². The molecule has 9 nitrogen and oxygen atoms in total. The van der Waals surface area contributed by atoms with E-state index in [0.29, 0.717) is 71.3 Å². The molecule has 0 aliphatic carbocycles. The van der Waals surface area contributed by atoms with Gasteiger partial charge in [-0.15, -0.1) is 0 Å². The molecule has 1 saturated heterocycles. The van der Waals surface area contributed by atoms with E-state index in [-0.39, 0.29) is 17.9 Å². The Bertz CT molecular complexity index is 1210. The number of hydrogen-bond acceptors (Lipinski definition) is 7. The number of fused-ring (bicyclic) bond motifs is 1. The third-order valence-electron chi connectivity index (χ3n) is 6.07. The lowest BCUT2D eigenvalue weighted by atomic mass is 9.91. The highest BCUT2D eigenvalue weighted by atomic mass is 35.5. The van der Waals surface area contributed by atoms with Gasteiger partial charge in [-0.2, -0.15) is 0 Å². The molecule has 0 spiro atoms. The Morgan fingerprint density at radius 3 is 2.94 bits per heavy atom. The van der Waals surface area contributed by atoms with E-state index in [0.717, 1.165) is 12.1 Å². The van der Waals surface area contributed by atoms with Crippen molar-refractivity contribution in [3.05, 3.63) is 52.6 Å². The van der Waals surface area contributed by atoms with Crippen molar-refractivity contribution in [3.8, 4) is 17.1 Å². The number of nitrogens with zero attached hydrogens (tertiary/aromatic N) is 2. The van der Waals surface area contributed by atoms with Gasteiger partial charge < -0.3 is 29.8 Å². The van der Waals surface area contributed by atoms with Crippen LogP contribution in [0, 0.1) is 6.92 Å². The van der Waals surface area contributed by atoms with Gasteiger partial charge in [0.1, 0.15) is 5.82 Å². The largest absolute Gasteiger partial charge is 0.493 e. The first-order chi connectivity index (χ1) is 16.5. The fourth-order valence-electron chi connectivity index (χ4n) is 4.52. The molecule has 34 heavy (non-hydrogen) atoms. The minimum absolute atomic E-state index is 0.0258. The lowest BCUT2D eigenvalue weighted by Gasteiger charge is -2.29. The summed E-state index contributed by atoms with van der Waals surface area (Å²) in [5.74, 6) is 0.983. The number of halogens is 1. The minimum atomic E-state index is -0.163. The average Bonchev–Trinajstić information content (AvgIpc) is 3.22. The summed E-state index contributed by atoms with van der Waals surface area (Å²) in [6, 6.07) is 7.24. The van der Waals surface area contributed by atoms with Gasteiger partial charge in [0.2, 0.25) is 0 Å². The molecule has 178 valence electrons. The van der Waals surface area contributed by atoms with E-state index in [1.807, 2.05) is 25.1 Å². The molecule has 10 heteroatoms. The molecule has 2 atom stereocenters. The van der Waals surface area contributed by atoms with E-state index in [4.69, 9.17) is 25.8 Å². The van der Waals surface area contributed by atoms with E-state index >= 15 is 0 Å². The van der Waals surface area contributed by atoms with Gasteiger partial charge in [0.15, 0.2) is 5.75 Å². The Kier molecular flexibility index (Phi) is 6.40. The predicted molar refractivity (Wildman–Crippen MR) is 128 cm³/mol. The highest BCUT2D eigenvalue weighted by molar-refractivity contribution is 6.32. The van der Waals surface area contributed by atoms with Crippen molar-refractivity contribution in [1.29, 1.82) is 0 Å². The van der Waals surface area contributed by atoms with Crippen molar-refractivity contribution in [2.45, 2.75) is 25.4 Å². The molecule has 0 radical (unpaired) electrons. The van der Waals surface area contributed by atoms with Crippen LogP contribution in [0.2, 0.25) is 5.02 Å². The summed E-state index contributed by atoms with van der Waals surface area (Å²) in [4.78, 5) is 25.5. The van der Waals surface area contributed by atoms with Crippen molar-refractivity contribution in [3.63, 3.8) is 0 Å². The number of aryl methyl sites for hydroxylation is 1. The van der Waals surface area contributed by atoms with E-state index in [1.54, 1.807) is 19.4 Å². The number of hydrogen-bond donors (Lipinski definition) is 3. The van der Waals surface area contributed by atoms with Crippen molar-refractivity contribution in [2.24, 2.45) is 0 Å². The number of carbonyl (C=O) groups excluding carboxylic acids is 1. The lowest BCUT2D eigenvalue weighted by Crippen LogP contribution is -2.38. The van der Waals surface area contributed by atoms with E-state index in [9.17, 15) is 4.79 Å². The lowest BCUT2D eigenvalue weighted by molar-refractivity contribution is -0.0928. The summed E-state index contributed by atoms with van der Waals surface area (Å²) in [6.07, 6.45) is 2.39. The van der Waals surface area contributed by atoms with Gasteiger partial charge in [0.05, 0.1) is 66.4 Å². The van der Waals surface area contributed by atoms with E-state index < -0.39 is 0 Å². The van der Waals surface area contributed by atoms with E-state index in [2.05, 4.69) is 25.6 Å². The van der Waals surface area contributed by atoms with Gasteiger partial charge in [0, 0.05) is 24.4 Å². The fraction of sp³-hybridized carbons (Fsp3) is 0.375. The second-order valence-corrected chi connectivity index (χ2v) is 8.72. The number of amides is 1. The van der Waals surface area contributed by atoms with Gasteiger partial charge in [-0.3, -0.25) is 4.79 Å². The monoisotopic (exact) mass is 483 g/mol. The molecule has 3 N–H and O–H groups in total. The normalized spacial score (nSPS) is 19.9. The van der Waals surface area contributed by atoms with Crippen molar-refractivity contribution >= 4 is 28.9 Å². The number of aromatic nitrogens is 3. The molecular formula is C24H26ClN5O4. The molecular weight excluding hydrogens is 458 g/mol. The number of ether oxygens (including phenoxy) is 3. The molecule has 1 fully saturated rings. The standard InChI is InChI=1S/C24H26ClN5O4/c1-13-26-7-6-17(28-13)21-22(29-18-5-3-4-16(25)23(18)32-2)19-20(30-21)14(11-27-24(19)31)10-15-12-33-8-9-34-15/h3-7,14-15,29-30H,8-12H2,1-2H3,(H,27,31)/t14?,15-/m0/s1. The molecule has 3 aromatic rings. The first-order valence-electron chi connectivity index (χ1n) is 11.2. The Hall–Kier alpha value is -3.14. The molecule has 1 amide bonds. The summed E-state index contributed by atoms with van der Waals surface area (Å²) in [7, 11) is 1.56. The second-order valence-electron chi connectivity index (χ2n) is 8.31. The molecule has 0 bridgehead atoms. The summed E-state index contributed by atoms with van der Waals surface area (Å²) >= 11 is 6.35. The van der Waals surface area contributed by atoms with Crippen LogP contribution in [0.25, 0.3) is 11.4 Å². The third kappa shape index (κ3) is 4.34. The Morgan fingerprint density at radius 1 is 1.29 bits per heavy atom. The number of nitrogens with one attached hydrogen (secondary N) is 3. The van der Waals surface area contributed by atoms with Gasteiger partial charge in [-0.05, 0) is 31.5 Å². The second kappa shape index (κ2) is 9.61. The number of H-pyrrole nitrogens is 1. The van der Waals surface area contributed by atoms with Crippen molar-refractivity contribution in [1.82, 2.24) is 20.3 Å². The van der Waals surface area contributed by atoms with Crippen LogP contribution in [-0.4, -0.2) is 60.4 Å². The van der Waals surface area contributed by atoms with Crippen LogP contribution in [0.3, 0.4) is 0 Å². The summed E-state index contributed by atoms with van der Waals surface area (Å²) in [6.45, 7) is 4.07. The van der Waals surface area contributed by atoms with Crippen LogP contribution in [-0.2, 0) is 9.47 Å². The van der Waals surface area contributed by atoms with Gasteiger partial charge in [-0.1, -0.05) is 17.7 Å². The van der Waals surface area contributed by atoms with Crippen molar-refractivity contribution in [2.75, 3.05) is 38.8 Å². The molecule has 4 heterocycles. The Morgan fingerprint density at radius 2 is 2.18 bits per heavy atom. The molecule has 2 aliphatic heterocycles. The maximum atomic E-state index is 13.2. The predicted octanol–water partition coefficient (Wildman–Crippen LogP) is 3.82. The van der Waals surface area contributed by atoms with E-state index in [1.165, 1.54) is 0 Å². The zero-order chi connectivity index (χ0) is 23.7. The molecule has 2 aliphatic rings. The third-order valence-corrected chi connectivity index (χ3v) is 6.37. The molecule has 1 unspecified atom stereocenters. The van der Waals surface area contributed by atoms with Gasteiger partial charge in [-0.25, -0.2) is 9.97 Å². The maximum Gasteiger partial charge on any atom is 0.255 e. The number of methoxy groups -OCH3 is 1. The van der Waals surface area contributed by atoms with Crippen molar-refractivity contribution < 1.29 is 19.0 Å². The first-order valence-corrected chi connectivity index (χ1v) is 11.6. The van der Waals surface area contributed by atoms with Crippen LogP contribution in [0.4, 0.5) is 11.4 Å². The van der Waals surface area contributed by atoms with Crippen LogP contribution in [0.15, 0.2) is 30.5 Å². The minimum Gasteiger partial charge on any atom is -0.493 e. The number of anilines is 2. The average molecular weight is 484 g/mol. The molecule has 5 rings (SSSR count). The number of rotatable bonds is 6. The number of benzene rings is 1. The Balaban J connectivity index is 1.62. The number of aromatic amines is 1. The van der Waals surface area contributed by atoms with Gasteiger partial charge in [0.25, 0.3) is 5.91 Å². The number of para-hydroxylation sites is 1. The highest BCUT2D eigenvalue weighted by Gasteiger charge is 2.35. The first kappa shape index (κ1) is 22.6. The zero-order valence-corrected chi connectivity index (χ0v) is 19.7. The molecule has 2 aromatic heterocycles. The fourth-order valence-corrected chi connectivity index (χ4v) is 4.77. The highest BCUT2D eigenvalue weighted by Crippen LogP contribution is 2.43. The van der Waals surface area contributed by atoms with Crippen LogP contribution in [0.1, 0.15) is 34.2 Å². The number of carbonyl (C=O) groups is 1. The van der Waals surface area contributed by atoms with Crippen LogP contribution >= 0.6 is 11.6 Å². The maximum absolute atomic E-state index is 13.2. The SMILES string of the molecule is COc1c(Cl)cccc1Nc1c(-c2ccnc(C)n2)[nH]c2c1C(=O)NCC2C[C@H]1COCCO1. The van der Waals surface area contributed by atoms with Crippen LogP contribution < -0.4 is 15.4 Å². The summed E-state index contributed by atoms with van der Waals surface area (Å²) < 4.78 is 17.0. The quantitative estimate of drug-likeness (QED) is 0.488.